The molecule has 3 aromatic rings. The van der Waals surface area contributed by atoms with E-state index in [-0.39, 0.29) is 17.7 Å². The van der Waals surface area contributed by atoms with Gasteiger partial charge in [0, 0.05) is 37.2 Å². The molecule has 1 aromatic carbocycles. The Morgan fingerprint density at radius 3 is 2.41 bits per heavy atom. The maximum atomic E-state index is 13.2. The summed E-state index contributed by atoms with van der Waals surface area (Å²) in [5, 5.41) is 19.2. The summed E-state index contributed by atoms with van der Waals surface area (Å²) < 4.78 is 52.4. The number of aromatic nitrogens is 2. The van der Waals surface area contributed by atoms with Crippen molar-refractivity contribution in [1.82, 2.24) is 15.3 Å². The average molecular weight is 451 g/mol. The van der Waals surface area contributed by atoms with E-state index in [0.29, 0.717) is 11.3 Å². The van der Waals surface area contributed by atoms with E-state index in [1.807, 2.05) is 0 Å². The van der Waals surface area contributed by atoms with Gasteiger partial charge < -0.3 is 15.5 Å². The van der Waals surface area contributed by atoms with Crippen molar-refractivity contribution in [2.75, 3.05) is 7.11 Å². The predicted octanol–water partition coefficient (Wildman–Crippen LogP) is 3.73. The second-order valence-electron chi connectivity index (χ2n) is 6.70. The molecule has 170 valence electrons. The molecule has 0 spiro atoms. The van der Waals surface area contributed by atoms with Crippen LogP contribution in [0.4, 0.5) is 17.6 Å². The van der Waals surface area contributed by atoms with Gasteiger partial charge in [-0.15, -0.1) is 0 Å². The maximum absolute atomic E-state index is 13.2. The third-order valence-corrected chi connectivity index (χ3v) is 4.27. The van der Waals surface area contributed by atoms with Crippen molar-refractivity contribution in [3.8, 4) is 11.3 Å². The average Bonchev–Trinajstić information content (AvgIpc) is 2.78. The molecule has 1 amide bonds. The largest absolute Gasteiger partial charge is 0.418 e. The number of rotatable bonds is 5. The molecule has 0 aliphatic heterocycles. The summed E-state index contributed by atoms with van der Waals surface area (Å²) in [4.78, 5) is 20.4. The molecule has 3 N–H and O–H groups in total. The van der Waals surface area contributed by atoms with Crippen LogP contribution in [0, 0.1) is 12.7 Å². The molecule has 0 fully saturated rings. The summed E-state index contributed by atoms with van der Waals surface area (Å²) in [6.45, 7) is 1.73. The Labute approximate surface area is 181 Å². The van der Waals surface area contributed by atoms with Crippen LogP contribution in [0.5, 0.6) is 0 Å². The zero-order chi connectivity index (χ0) is 23.9. The number of hydrogen-bond donors (Lipinski definition) is 3. The minimum Gasteiger partial charge on any atom is -0.400 e. The first kappa shape index (κ1) is 24.9. The number of benzene rings is 1. The number of amides is 1. The van der Waals surface area contributed by atoms with E-state index in [1.165, 1.54) is 18.3 Å². The second-order valence-corrected chi connectivity index (χ2v) is 6.70. The van der Waals surface area contributed by atoms with Crippen LogP contribution in [0.2, 0.25) is 0 Å². The summed E-state index contributed by atoms with van der Waals surface area (Å²) in [6.07, 6.45) is -3.76. The van der Waals surface area contributed by atoms with Gasteiger partial charge >= 0.3 is 6.18 Å². The summed E-state index contributed by atoms with van der Waals surface area (Å²) in [5.41, 5.74) is 1.24. The normalized spacial score (nSPS) is 11.9. The summed E-state index contributed by atoms with van der Waals surface area (Å²) in [5.74, 6) is -1.27. The highest BCUT2D eigenvalue weighted by molar-refractivity contribution is 5.95. The number of alkyl halides is 3. The Bertz CT molecular complexity index is 1060. The third kappa shape index (κ3) is 6.56. The number of hydrogen-bond acceptors (Lipinski definition) is 5. The lowest BCUT2D eigenvalue weighted by Gasteiger charge is -2.17. The number of carbonyl (C=O) groups is 1. The number of halogens is 4. The fourth-order valence-electron chi connectivity index (χ4n) is 2.75. The van der Waals surface area contributed by atoms with Gasteiger partial charge in [0.1, 0.15) is 5.82 Å². The topological polar surface area (TPSA) is 95.3 Å². The summed E-state index contributed by atoms with van der Waals surface area (Å²) in [7, 11) is 1.00. The first-order chi connectivity index (χ1) is 15.1. The van der Waals surface area contributed by atoms with E-state index < -0.39 is 29.6 Å². The molecular weight excluding hydrogens is 430 g/mol. The Morgan fingerprint density at radius 1 is 1.09 bits per heavy atom. The van der Waals surface area contributed by atoms with Gasteiger partial charge in [0.25, 0.3) is 5.91 Å². The van der Waals surface area contributed by atoms with Crippen LogP contribution in [-0.2, 0) is 6.54 Å². The Hall–Kier alpha value is -3.37. The van der Waals surface area contributed by atoms with Crippen molar-refractivity contribution in [1.29, 1.82) is 0 Å². The zero-order valence-corrected chi connectivity index (χ0v) is 17.2. The van der Waals surface area contributed by atoms with Gasteiger partial charge in [-0.3, -0.25) is 14.8 Å². The van der Waals surface area contributed by atoms with Crippen LogP contribution in [0.3, 0.4) is 0 Å². The fourth-order valence-corrected chi connectivity index (χ4v) is 2.75. The molecule has 1 atom stereocenters. The Kier molecular flexibility index (Phi) is 8.39. The molecule has 0 aliphatic carbocycles. The van der Waals surface area contributed by atoms with Crippen molar-refractivity contribution in [3.63, 3.8) is 0 Å². The van der Waals surface area contributed by atoms with Crippen molar-refractivity contribution in [3.05, 3.63) is 83.1 Å². The van der Waals surface area contributed by atoms with Gasteiger partial charge in [-0.25, -0.2) is 4.39 Å². The molecule has 32 heavy (non-hydrogen) atoms. The molecule has 0 bridgehead atoms. The smallest absolute Gasteiger partial charge is 0.400 e. The predicted molar refractivity (Wildman–Crippen MR) is 109 cm³/mol. The van der Waals surface area contributed by atoms with Crippen LogP contribution in [0.15, 0.2) is 55.0 Å². The molecule has 0 saturated heterocycles. The summed E-state index contributed by atoms with van der Waals surface area (Å²) >= 11 is 0. The fraction of sp³-hybridized carbons (Fsp3) is 0.227. The molecule has 6 nitrogen and oxygen atoms in total. The molecule has 0 radical (unpaired) electrons. The van der Waals surface area contributed by atoms with Crippen LogP contribution >= 0.6 is 0 Å². The van der Waals surface area contributed by atoms with E-state index >= 15 is 0 Å². The molecular formula is C22H21F4N3O3. The first-order valence-electron chi connectivity index (χ1n) is 9.28. The minimum absolute atomic E-state index is 0.0756. The van der Waals surface area contributed by atoms with Crippen LogP contribution in [0.25, 0.3) is 11.3 Å². The Morgan fingerprint density at radius 2 is 1.81 bits per heavy atom. The molecule has 2 aromatic heterocycles. The van der Waals surface area contributed by atoms with Crippen LogP contribution < -0.4 is 5.32 Å². The van der Waals surface area contributed by atoms with Crippen LogP contribution in [-0.4, -0.2) is 39.4 Å². The van der Waals surface area contributed by atoms with Gasteiger partial charge in [-0.05, 0) is 53.9 Å². The van der Waals surface area contributed by atoms with E-state index in [4.69, 9.17) is 5.11 Å². The minimum atomic E-state index is -4.90. The third-order valence-electron chi connectivity index (χ3n) is 4.27. The summed E-state index contributed by atoms with van der Waals surface area (Å²) in [6, 6.07) is 8.00. The van der Waals surface area contributed by atoms with Gasteiger partial charge in [0.15, 0.2) is 6.10 Å². The number of pyridine rings is 2. The number of aryl methyl sites for hydroxylation is 1. The highest BCUT2D eigenvalue weighted by Crippen LogP contribution is 2.34. The molecule has 10 heteroatoms. The van der Waals surface area contributed by atoms with Crippen molar-refractivity contribution in [2.45, 2.75) is 25.7 Å². The van der Waals surface area contributed by atoms with Gasteiger partial charge in [0.2, 0.25) is 0 Å². The van der Waals surface area contributed by atoms with E-state index in [0.717, 1.165) is 31.0 Å². The molecule has 2 heterocycles. The van der Waals surface area contributed by atoms with E-state index in [2.05, 4.69) is 15.3 Å². The lowest BCUT2D eigenvalue weighted by Crippen LogP contribution is -2.24. The monoisotopic (exact) mass is 451 g/mol. The first-order valence-corrected chi connectivity index (χ1v) is 9.28. The van der Waals surface area contributed by atoms with Crippen molar-refractivity contribution in [2.24, 2.45) is 0 Å². The molecule has 0 saturated carbocycles. The van der Waals surface area contributed by atoms with Gasteiger partial charge in [-0.2, -0.15) is 13.2 Å². The Balaban J connectivity index is 0.00000176. The van der Waals surface area contributed by atoms with Crippen LogP contribution in [0.1, 0.15) is 33.2 Å². The number of aliphatic hydroxyl groups excluding tert-OH is 2. The number of nitrogens with one attached hydrogen (secondary N) is 1. The highest BCUT2D eigenvalue weighted by Gasteiger charge is 2.39. The quantitative estimate of drug-likeness (QED) is 0.514. The van der Waals surface area contributed by atoms with Crippen molar-refractivity contribution >= 4 is 5.91 Å². The van der Waals surface area contributed by atoms with E-state index in [1.54, 1.807) is 25.3 Å². The lowest BCUT2D eigenvalue weighted by atomic mass is 9.99. The second kappa shape index (κ2) is 10.8. The van der Waals surface area contributed by atoms with Crippen molar-refractivity contribution < 1.29 is 32.6 Å². The molecule has 3 rings (SSSR count). The van der Waals surface area contributed by atoms with Gasteiger partial charge in [0.05, 0.1) is 11.9 Å². The lowest BCUT2D eigenvalue weighted by molar-refractivity contribution is -0.206. The number of aliphatic hydroxyl groups is 2. The van der Waals surface area contributed by atoms with Gasteiger partial charge in [-0.1, -0.05) is 6.07 Å². The number of nitrogens with zero attached hydrogens (tertiary/aromatic N) is 2. The zero-order valence-electron chi connectivity index (χ0n) is 17.2. The highest BCUT2D eigenvalue weighted by atomic mass is 19.4. The maximum Gasteiger partial charge on any atom is 0.418 e. The number of carbonyl (C=O) groups excluding carboxylic acids is 1. The SMILES string of the molecule is CO.Cc1ccc(-c2cc(C(=O)NCc3cncc(F)c3)cc(C(O)C(F)(F)F)c2)nc1. The molecule has 0 aliphatic rings. The molecule has 1 unspecified atom stereocenters. The standard InChI is InChI=1S/C21H17F4N3O2.CH4O/c1-12-2-3-18(27-8-12)14-5-15(19(29)21(23,24)25)7-16(6-14)20(30)28-10-13-4-17(22)11-26-9-13;1-2/h2-9,11,19,29H,10H2,1H3,(H,28,30);2H,1H3. The van der Waals surface area contributed by atoms with E-state index in [9.17, 15) is 27.5 Å².